The third-order valence-electron chi connectivity index (χ3n) is 7.12. The van der Waals surface area contributed by atoms with Crippen LogP contribution in [-0.2, 0) is 0 Å². The lowest BCUT2D eigenvalue weighted by atomic mass is 10.1. The number of fused-ring (bicyclic) bond motifs is 5. The van der Waals surface area contributed by atoms with Crippen molar-refractivity contribution in [1.29, 1.82) is 0 Å². The van der Waals surface area contributed by atoms with Gasteiger partial charge in [-0.1, -0.05) is 72.8 Å². The van der Waals surface area contributed by atoms with E-state index in [0.717, 1.165) is 39.2 Å². The van der Waals surface area contributed by atoms with Gasteiger partial charge in [-0.3, -0.25) is 4.57 Å². The van der Waals surface area contributed by atoms with Crippen molar-refractivity contribution in [3.05, 3.63) is 127 Å². The van der Waals surface area contributed by atoms with Crippen molar-refractivity contribution >= 4 is 49.9 Å². The Morgan fingerprint density at radius 1 is 0.595 bits per heavy atom. The Labute approximate surface area is 215 Å². The molecule has 4 nitrogen and oxygen atoms in total. The highest BCUT2D eigenvalue weighted by molar-refractivity contribution is 6.23. The first-order chi connectivity index (χ1) is 18.2. The van der Waals surface area contributed by atoms with Crippen LogP contribution in [0.3, 0.4) is 0 Å². The molecule has 2 heterocycles. The summed E-state index contributed by atoms with van der Waals surface area (Å²) in [5, 5.41) is 7.19. The van der Waals surface area contributed by atoms with Gasteiger partial charge in [0.1, 0.15) is 5.82 Å². The molecular formula is C33H26N4. The highest BCUT2D eigenvalue weighted by atomic mass is 15.1. The van der Waals surface area contributed by atoms with Crippen LogP contribution in [0.5, 0.6) is 0 Å². The first-order valence-corrected chi connectivity index (χ1v) is 12.5. The van der Waals surface area contributed by atoms with Crippen molar-refractivity contribution in [3.8, 4) is 11.4 Å². The van der Waals surface area contributed by atoms with Crippen molar-refractivity contribution < 1.29 is 0 Å². The molecule has 0 aliphatic carbocycles. The predicted octanol–water partition coefficient (Wildman–Crippen LogP) is 8.36. The molecular weight excluding hydrogens is 452 g/mol. The number of nitrogens with two attached hydrogens (primary N) is 1. The number of nitrogen functional groups attached to an aromatic ring is 1. The quantitative estimate of drug-likeness (QED) is 0.267. The lowest BCUT2D eigenvalue weighted by molar-refractivity contribution is 1.14. The van der Waals surface area contributed by atoms with Crippen LogP contribution in [-0.4, -0.2) is 9.13 Å². The molecule has 178 valence electrons. The van der Waals surface area contributed by atoms with E-state index in [4.69, 9.17) is 5.73 Å². The summed E-state index contributed by atoms with van der Waals surface area (Å²) in [5.41, 5.74) is 15.7. The zero-order valence-corrected chi connectivity index (χ0v) is 20.5. The van der Waals surface area contributed by atoms with E-state index in [9.17, 15) is 0 Å². The molecule has 4 heteroatoms. The molecule has 3 N–H and O–H groups in total. The SMILES string of the molecule is Cc1cccc(-n2c3ccccc3c3ccc4c(c(Nc5ccccc5)c(N)n4-c4ccccc4)c32)c1. The van der Waals surface area contributed by atoms with Crippen molar-refractivity contribution in [2.45, 2.75) is 6.92 Å². The number of rotatable bonds is 4. The van der Waals surface area contributed by atoms with Gasteiger partial charge in [0.2, 0.25) is 0 Å². The van der Waals surface area contributed by atoms with Crippen molar-refractivity contribution in [1.82, 2.24) is 9.13 Å². The Bertz CT molecular complexity index is 1910. The normalized spacial score (nSPS) is 11.5. The maximum Gasteiger partial charge on any atom is 0.133 e. The second-order valence-corrected chi connectivity index (χ2v) is 9.47. The van der Waals surface area contributed by atoms with Gasteiger partial charge in [-0.25, -0.2) is 0 Å². The molecule has 0 unspecified atom stereocenters. The summed E-state index contributed by atoms with van der Waals surface area (Å²) in [6.45, 7) is 2.14. The van der Waals surface area contributed by atoms with Crippen LogP contribution in [0.2, 0.25) is 0 Å². The van der Waals surface area contributed by atoms with Crippen LogP contribution in [0.4, 0.5) is 17.2 Å². The molecule has 0 amide bonds. The molecule has 0 saturated carbocycles. The van der Waals surface area contributed by atoms with Gasteiger partial charge < -0.3 is 15.6 Å². The van der Waals surface area contributed by atoms with E-state index in [2.05, 4.69) is 106 Å². The van der Waals surface area contributed by atoms with E-state index in [-0.39, 0.29) is 0 Å². The monoisotopic (exact) mass is 478 g/mol. The Kier molecular flexibility index (Phi) is 4.79. The molecule has 0 saturated heterocycles. The number of hydrogen-bond donors (Lipinski definition) is 2. The molecule has 2 aromatic heterocycles. The number of benzene rings is 5. The molecule has 7 rings (SSSR count). The van der Waals surface area contributed by atoms with Gasteiger partial charge in [-0.15, -0.1) is 0 Å². The first-order valence-electron chi connectivity index (χ1n) is 12.5. The van der Waals surface area contributed by atoms with Gasteiger partial charge in [0.25, 0.3) is 0 Å². The van der Waals surface area contributed by atoms with E-state index >= 15 is 0 Å². The minimum Gasteiger partial charge on any atom is -0.383 e. The molecule has 0 bridgehead atoms. The van der Waals surface area contributed by atoms with Gasteiger partial charge in [0, 0.05) is 27.8 Å². The lowest BCUT2D eigenvalue weighted by Gasteiger charge is -2.11. The summed E-state index contributed by atoms with van der Waals surface area (Å²) in [4.78, 5) is 0. The number of aromatic nitrogens is 2. The summed E-state index contributed by atoms with van der Waals surface area (Å²) < 4.78 is 4.53. The Morgan fingerprint density at radius 2 is 1.30 bits per heavy atom. The van der Waals surface area contributed by atoms with Crippen LogP contribution in [0.15, 0.2) is 121 Å². The van der Waals surface area contributed by atoms with Gasteiger partial charge in [0.15, 0.2) is 0 Å². The fraction of sp³-hybridized carbons (Fsp3) is 0.0303. The highest BCUT2D eigenvalue weighted by Crippen LogP contribution is 2.45. The second kappa shape index (κ2) is 8.32. The van der Waals surface area contributed by atoms with Crippen molar-refractivity contribution in [3.63, 3.8) is 0 Å². The smallest absolute Gasteiger partial charge is 0.133 e. The third kappa shape index (κ3) is 3.30. The number of aryl methyl sites for hydroxylation is 1. The molecule has 0 spiro atoms. The average molecular weight is 479 g/mol. The van der Waals surface area contributed by atoms with Gasteiger partial charge >= 0.3 is 0 Å². The molecule has 0 fully saturated rings. The standard InChI is InChI=1S/C33H26N4/c1-22-11-10-16-25(21-22)36-28-18-9-8-17-26(28)27-19-20-29-30(32(27)36)31(35-23-12-4-2-5-13-23)33(34)37(29)24-14-6-3-7-15-24/h2-21,35H,34H2,1H3. The van der Waals surface area contributed by atoms with Crippen LogP contribution < -0.4 is 11.1 Å². The summed E-state index contributed by atoms with van der Waals surface area (Å²) >= 11 is 0. The summed E-state index contributed by atoms with van der Waals surface area (Å²) in [6.07, 6.45) is 0. The first kappa shape index (κ1) is 21.3. The van der Waals surface area contributed by atoms with Crippen LogP contribution in [0.1, 0.15) is 5.56 Å². The molecule has 5 aromatic carbocycles. The fourth-order valence-electron chi connectivity index (χ4n) is 5.53. The van der Waals surface area contributed by atoms with Gasteiger partial charge in [0.05, 0.1) is 27.6 Å². The largest absolute Gasteiger partial charge is 0.383 e. The maximum absolute atomic E-state index is 6.99. The minimum atomic E-state index is 0.679. The summed E-state index contributed by atoms with van der Waals surface area (Å²) in [6, 6.07) is 42.3. The van der Waals surface area contributed by atoms with E-state index in [1.807, 2.05) is 36.4 Å². The molecule has 0 atom stereocenters. The number of anilines is 3. The maximum atomic E-state index is 6.99. The van der Waals surface area contributed by atoms with E-state index < -0.39 is 0 Å². The van der Waals surface area contributed by atoms with E-state index in [0.29, 0.717) is 5.82 Å². The summed E-state index contributed by atoms with van der Waals surface area (Å²) in [7, 11) is 0. The molecule has 37 heavy (non-hydrogen) atoms. The predicted molar refractivity (Wildman–Crippen MR) is 156 cm³/mol. The topological polar surface area (TPSA) is 47.9 Å². The number of nitrogens with zero attached hydrogens (tertiary/aromatic N) is 2. The minimum absolute atomic E-state index is 0.679. The van der Waals surface area contributed by atoms with Crippen molar-refractivity contribution in [2.24, 2.45) is 0 Å². The highest BCUT2D eigenvalue weighted by Gasteiger charge is 2.23. The number of nitrogens with one attached hydrogen (secondary N) is 1. The zero-order valence-electron chi connectivity index (χ0n) is 20.5. The van der Waals surface area contributed by atoms with E-state index in [1.54, 1.807) is 0 Å². The van der Waals surface area contributed by atoms with Gasteiger partial charge in [-0.2, -0.15) is 0 Å². The van der Waals surface area contributed by atoms with Crippen molar-refractivity contribution in [2.75, 3.05) is 11.1 Å². The Hall–Kier alpha value is -4.96. The molecule has 0 aliphatic heterocycles. The van der Waals surface area contributed by atoms with E-state index in [1.165, 1.54) is 21.9 Å². The Balaban J connectivity index is 1.68. The molecule has 0 radical (unpaired) electrons. The van der Waals surface area contributed by atoms with Crippen LogP contribution >= 0.6 is 0 Å². The second-order valence-electron chi connectivity index (χ2n) is 9.47. The lowest BCUT2D eigenvalue weighted by Crippen LogP contribution is -2.01. The Morgan fingerprint density at radius 3 is 2.08 bits per heavy atom. The summed E-state index contributed by atoms with van der Waals surface area (Å²) in [5.74, 6) is 0.679. The number of hydrogen-bond acceptors (Lipinski definition) is 2. The van der Waals surface area contributed by atoms with Gasteiger partial charge in [-0.05, 0) is 61.0 Å². The molecule has 7 aromatic rings. The number of para-hydroxylation sites is 3. The molecule has 0 aliphatic rings. The average Bonchev–Trinajstić information content (AvgIpc) is 3.41. The third-order valence-corrected chi connectivity index (χ3v) is 7.12. The fourth-order valence-corrected chi connectivity index (χ4v) is 5.53. The zero-order chi connectivity index (χ0) is 24.9. The van der Waals surface area contributed by atoms with Crippen LogP contribution in [0, 0.1) is 6.92 Å². The van der Waals surface area contributed by atoms with Crippen LogP contribution in [0.25, 0.3) is 44.1 Å².